The number of hydrogen-bond donors (Lipinski definition) is 2. The molecule has 0 aromatic rings. The topological polar surface area (TPSA) is 155 Å². The minimum atomic E-state index is -4.77. The van der Waals surface area contributed by atoms with Crippen molar-refractivity contribution in [2.75, 3.05) is 26.4 Å². The van der Waals surface area contributed by atoms with Crippen LogP contribution in [0.25, 0.3) is 0 Å². The fraction of sp³-hybridized carbons (Fsp3) is 0.682. The van der Waals surface area contributed by atoms with E-state index < -0.39 is 57.8 Å². The van der Waals surface area contributed by atoms with Crippen molar-refractivity contribution in [2.45, 2.75) is 264 Å². The van der Waals surface area contributed by atoms with Crippen molar-refractivity contribution in [2.24, 2.45) is 0 Å². The van der Waals surface area contributed by atoms with Gasteiger partial charge in [-0.1, -0.05) is 220 Å². The summed E-state index contributed by atoms with van der Waals surface area (Å²) in [5, 5.41) is 9.83. The number of unbranched alkanes of at least 4 members (excludes halogenated alkanes) is 21. The van der Waals surface area contributed by atoms with Crippen LogP contribution < -0.4 is 0 Å². The number of phosphoric ester groups is 1. The summed E-state index contributed by atoms with van der Waals surface area (Å²) in [6.45, 7) is 4.41. The maximum atomic E-state index is 12.9. The molecule has 0 aromatic carbocycles. The number of aliphatic hydroxyl groups excluding tert-OH is 1. The number of phosphoric acid groups is 1. The summed E-state index contributed by atoms with van der Waals surface area (Å²) in [4.78, 5) is 48.7. The van der Waals surface area contributed by atoms with Gasteiger partial charge < -0.3 is 24.2 Å². The van der Waals surface area contributed by atoms with E-state index in [1.54, 1.807) is 0 Å². The highest BCUT2D eigenvalue weighted by Crippen LogP contribution is 2.43. The maximum Gasteiger partial charge on any atom is 0.472 e. The summed E-state index contributed by atoms with van der Waals surface area (Å²) in [5.41, 5.74) is 0. The minimum absolute atomic E-state index is 0.142. The Morgan fingerprint density at radius 1 is 0.372 bits per heavy atom. The zero-order valence-electron chi connectivity index (χ0n) is 49.3. The van der Waals surface area contributed by atoms with Crippen molar-refractivity contribution in [1.82, 2.24) is 0 Å². The number of rotatable bonds is 56. The van der Waals surface area contributed by atoms with Gasteiger partial charge in [-0.05, 0) is 122 Å². The van der Waals surface area contributed by atoms with E-state index in [1.807, 2.05) is 6.08 Å². The normalized spacial score (nSPS) is 14.1. The lowest BCUT2D eigenvalue weighted by Crippen LogP contribution is -2.30. The van der Waals surface area contributed by atoms with E-state index in [2.05, 4.69) is 124 Å². The molecule has 0 aliphatic rings. The third kappa shape index (κ3) is 56.8. The lowest BCUT2D eigenvalue weighted by molar-refractivity contribution is -0.161. The number of allylic oxidation sites excluding steroid dienone is 18. The van der Waals surface area contributed by atoms with E-state index in [0.717, 1.165) is 116 Å². The maximum absolute atomic E-state index is 12.9. The Kier molecular flexibility index (Phi) is 56.3. The lowest BCUT2D eigenvalue weighted by Gasteiger charge is -2.21. The van der Waals surface area contributed by atoms with Gasteiger partial charge in [-0.3, -0.25) is 23.4 Å². The average Bonchev–Trinajstić information content (AvgIpc) is 3.43. The highest BCUT2D eigenvalue weighted by molar-refractivity contribution is 7.47. The van der Waals surface area contributed by atoms with Gasteiger partial charge in [0.15, 0.2) is 6.10 Å². The lowest BCUT2D eigenvalue weighted by atomic mass is 10.1. The zero-order chi connectivity index (χ0) is 56.9. The van der Waals surface area contributed by atoms with Crippen LogP contribution in [-0.2, 0) is 42.2 Å². The Bertz CT molecular complexity index is 1720. The van der Waals surface area contributed by atoms with Crippen LogP contribution in [0.4, 0.5) is 0 Å². The Morgan fingerprint density at radius 2 is 0.679 bits per heavy atom. The third-order valence-electron chi connectivity index (χ3n) is 12.6. The number of ether oxygens (including phenoxy) is 3. The third-order valence-corrected chi connectivity index (χ3v) is 13.6. The van der Waals surface area contributed by atoms with Crippen molar-refractivity contribution in [3.63, 3.8) is 0 Å². The molecule has 0 rings (SSSR count). The van der Waals surface area contributed by atoms with Gasteiger partial charge in [-0.2, -0.15) is 0 Å². The van der Waals surface area contributed by atoms with E-state index in [4.69, 9.17) is 23.3 Å². The van der Waals surface area contributed by atoms with Crippen LogP contribution in [0.1, 0.15) is 252 Å². The van der Waals surface area contributed by atoms with Crippen LogP contribution in [0.5, 0.6) is 0 Å². The molecule has 0 fully saturated rings. The molecule has 0 aromatic heterocycles. The smallest absolute Gasteiger partial charge is 0.462 e. The van der Waals surface area contributed by atoms with Crippen LogP contribution in [0.2, 0.25) is 0 Å². The van der Waals surface area contributed by atoms with Gasteiger partial charge in [0.25, 0.3) is 0 Å². The summed E-state index contributed by atoms with van der Waals surface area (Å²) < 4.78 is 39.6. The second-order valence-corrected chi connectivity index (χ2v) is 21.6. The van der Waals surface area contributed by atoms with Crippen molar-refractivity contribution in [1.29, 1.82) is 0 Å². The van der Waals surface area contributed by atoms with E-state index >= 15 is 0 Å². The van der Waals surface area contributed by atoms with Crippen LogP contribution in [-0.4, -0.2) is 66.5 Å². The summed E-state index contributed by atoms with van der Waals surface area (Å²) in [5.74, 6) is -1.56. The molecule has 11 nitrogen and oxygen atoms in total. The number of carbonyl (C=O) groups excluding carboxylic acids is 3. The molecule has 0 bridgehead atoms. The molecule has 0 saturated heterocycles. The molecule has 78 heavy (non-hydrogen) atoms. The molecule has 0 spiro atoms. The highest BCUT2D eigenvalue weighted by atomic mass is 31.2. The van der Waals surface area contributed by atoms with Crippen LogP contribution in [0.15, 0.2) is 109 Å². The molecule has 0 heterocycles. The molecule has 12 heteroatoms. The first-order chi connectivity index (χ1) is 38.2. The highest BCUT2D eigenvalue weighted by Gasteiger charge is 2.28. The van der Waals surface area contributed by atoms with Crippen molar-refractivity contribution in [3.05, 3.63) is 109 Å². The van der Waals surface area contributed by atoms with E-state index in [9.17, 15) is 28.9 Å². The molecule has 446 valence electrons. The van der Waals surface area contributed by atoms with Gasteiger partial charge in [0.1, 0.15) is 12.7 Å². The molecule has 0 radical (unpaired) electrons. The molecular weight excluding hydrogens is 1000 g/mol. The first-order valence-corrected chi connectivity index (χ1v) is 32.3. The van der Waals surface area contributed by atoms with Crippen LogP contribution in [0, 0.1) is 0 Å². The first-order valence-electron chi connectivity index (χ1n) is 30.8. The Morgan fingerprint density at radius 3 is 1.06 bits per heavy atom. The predicted octanol–water partition coefficient (Wildman–Crippen LogP) is 18.6. The number of hydrogen-bond acceptors (Lipinski definition) is 10. The molecule has 0 saturated carbocycles. The first kappa shape index (κ1) is 74.1. The second kappa shape index (κ2) is 59.3. The van der Waals surface area contributed by atoms with Gasteiger partial charge in [0, 0.05) is 19.3 Å². The molecule has 0 aliphatic carbocycles. The largest absolute Gasteiger partial charge is 0.472 e. The van der Waals surface area contributed by atoms with E-state index in [1.165, 1.54) is 70.6 Å². The fourth-order valence-electron chi connectivity index (χ4n) is 7.98. The molecule has 0 aliphatic heterocycles. The van der Waals surface area contributed by atoms with Gasteiger partial charge in [0.2, 0.25) is 0 Å². The summed E-state index contributed by atoms with van der Waals surface area (Å²) in [7, 11) is -4.77. The Hall–Kier alpha value is -3.86. The predicted molar refractivity (Wildman–Crippen MR) is 325 cm³/mol. The number of esters is 3. The molecular formula is C66H111O11P. The van der Waals surface area contributed by atoms with E-state index in [0.29, 0.717) is 25.7 Å². The number of carbonyl (C=O) groups is 3. The van der Waals surface area contributed by atoms with Crippen LogP contribution >= 0.6 is 7.82 Å². The fourth-order valence-corrected chi connectivity index (χ4v) is 8.77. The van der Waals surface area contributed by atoms with Gasteiger partial charge in [-0.25, -0.2) is 4.57 Å². The number of aliphatic hydroxyl groups is 1. The summed E-state index contributed by atoms with van der Waals surface area (Å²) in [6, 6.07) is 0. The van der Waals surface area contributed by atoms with Crippen molar-refractivity contribution in [3.8, 4) is 0 Å². The zero-order valence-corrected chi connectivity index (χ0v) is 50.2. The Labute approximate surface area is 475 Å². The molecule has 0 amide bonds. The van der Waals surface area contributed by atoms with Gasteiger partial charge in [0.05, 0.1) is 19.8 Å². The summed E-state index contributed by atoms with van der Waals surface area (Å²) >= 11 is 0. The quantitative estimate of drug-likeness (QED) is 0.0197. The minimum Gasteiger partial charge on any atom is -0.462 e. The molecule has 2 N–H and O–H groups in total. The molecule has 3 atom stereocenters. The summed E-state index contributed by atoms with van der Waals surface area (Å²) in [6.07, 6.45) is 71.9. The van der Waals surface area contributed by atoms with Crippen molar-refractivity contribution < 1.29 is 52.2 Å². The molecule has 3 unspecified atom stereocenters. The van der Waals surface area contributed by atoms with E-state index in [-0.39, 0.29) is 25.9 Å². The Balaban J connectivity index is 4.82. The van der Waals surface area contributed by atoms with Gasteiger partial charge in [-0.15, -0.1) is 0 Å². The average molecular weight is 1110 g/mol. The SMILES string of the molecule is CC/C=C\C/C=C\C/C=C\C/C=C\C/C=C\CCCC(=O)OCC(COP(=O)(O)OCC(CO)OC(=O)CCCCCCC/C=C\C/C=C\CCCCC)OC(=O)CCCCCCCCCCC/C=C\C/C=C\CCCCC. The van der Waals surface area contributed by atoms with Crippen LogP contribution in [0.3, 0.4) is 0 Å². The van der Waals surface area contributed by atoms with Crippen molar-refractivity contribution >= 4 is 25.7 Å². The second-order valence-electron chi connectivity index (χ2n) is 20.1. The van der Waals surface area contributed by atoms with Gasteiger partial charge >= 0.3 is 25.7 Å². The monoisotopic (exact) mass is 1110 g/mol. The standard InChI is InChI=1S/C66H111O11P/c1-4-7-10-13-16-19-22-25-28-30-31-33-36-39-42-45-48-51-54-57-66(70)77-63(59-73-64(68)55-52-49-46-43-40-37-35-32-29-26-23-20-17-14-11-8-5-2)61-75-78(71,72)74-60-62(58-67)76-65(69)56-53-50-47-44-41-38-34-27-24-21-18-15-12-9-6-3/h8,11,16-21,25-29,34-35,37,43,46,62-63,67H,4-7,9-10,12-15,22-24,30-33,36,38-42,44-45,47-61H2,1-3H3,(H,71,72)/b11-8-,19-16-,20-17-,21-18-,28-25-,29-26-,34-27-,37-35-,46-43-.